The van der Waals surface area contributed by atoms with Crippen LogP contribution < -0.4 is 4.72 Å². The standard InChI is InChI=1S/C19H26N2O6S/c1-14-4-6-17(7-5-14)8-9-28(24,25)20-10-19(23)26-13-18(22)21-11-15(2)27-16(3)12-21/h4-9,15-16,20H,10-13H2,1-3H3/b9-8+/t15-,16-/m1/s1. The lowest BCUT2D eigenvalue weighted by Gasteiger charge is -2.35. The molecule has 1 aliphatic heterocycles. The minimum absolute atomic E-state index is 0.0875. The summed E-state index contributed by atoms with van der Waals surface area (Å²) in [6, 6.07) is 7.30. The first-order valence-electron chi connectivity index (χ1n) is 8.98. The number of rotatable bonds is 7. The molecule has 2 atom stereocenters. The van der Waals surface area contributed by atoms with Gasteiger partial charge in [-0.3, -0.25) is 9.59 Å². The molecule has 1 saturated heterocycles. The topological polar surface area (TPSA) is 102 Å². The molecule has 1 amide bonds. The van der Waals surface area contributed by atoms with Gasteiger partial charge in [-0.05, 0) is 32.4 Å². The number of ether oxygens (including phenoxy) is 2. The van der Waals surface area contributed by atoms with E-state index in [0.717, 1.165) is 16.5 Å². The second kappa shape index (κ2) is 9.81. The highest BCUT2D eigenvalue weighted by Gasteiger charge is 2.26. The lowest BCUT2D eigenvalue weighted by atomic mass is 10.2. The highest BCUT2D eigenvalue weighted by molar-refractivity contribution is 7.92. The molecule has 0 saturated carbocycles. The number of hydrogen-bond donors (Lipinski definition) is 1. The van der Waals surface area contributed by atoms with Gasteiger partial charge in [0.05, 0.1) is 12.2 Å². The van der Waals surface area contributed by atoms with Crippen LogP contribution in [0.4, 0.5) is 0 Å². The van der Waals surface area contributed by atoms with E-state index in [1.807, 2.05) is 32.9 Å². The van der Waals surface area contributed by atoms with Crippen molar-refractivity contribution in [3.8, 4) is 0 Å². The van der Waals surface area contributed by atoms with Gasteiger partial charge in [-0.2, -0.15) is 0 Å². The zero-order valence-corrected chi connectivity index (χ0v) is 17.1. The summed E-state index contributed by atoms with van der Waals surface area (Å²) in [4.78, 5) is 25.4. The molecule has 0 spiro atoms. The molecule has 154 valence electrons. The van der Waals surface area contributed by atoms with Crippen molar-refractivity contribution in [3.05, 3.63) is 40.8 Å². The third-order valence-corrected chi connectivity index (χ3v) is 5.10. The second-order valence-electron chi connectivity index (χ2n) is 6.80. The van der Waals surface area contributed by atoms with Crippen molar-refractivity contribution in [2.45, 2.75) is 33.0 Å². The summed E-state index contributed by atoms with van der Waals surface area (Å²) < 4.78 is 36.4. The molecule has 1 aromatic carbocycles. The van der Waals surface area contributed by atoms with Gasteiger partial charge in [-0.1, -0.05) is 29.8 Å². The fourth-order valence-corrected chi connectivity index (χ4v) is 3.47. The molecular weight excluding hydrogens is 384 g/mol. The predicted molar refractivity (Wildman–Crippen MR) is 105 cm³/mol. The Balaban J connectivity index is 1.76. The van der Waals surface area contributed by atoms with E-state index >= 15 is 0 Å². The molecule has 0 unspecified atom stereocenters. The quantitative estimate of drug-likeness (QED) is 0.675. The number of hydrogen-bond acceptors (Lipinski definition) is 6. The second-order valence-corrected chi connectivity index (χ2v) is 8.45. The molecule has 1 aliphatic rings. The maximum Gasteiger partial charge on any atom is 0.321 e. The fraction of sp³-hybridized carbons (Fsp3) is 0.474. The van der Waals surface area contributed by atoms with Crippen molar-refractivity contribution in [3.63, 3.8) is 0 Å². The van der Waals surface area contributed by atoms with Crippen LogP contribution in [0.1, 0.15) is 25.0 Å². The van der Waals surface area contributed by atoms with E-state index in [2.05, 4.69) is 4.72 Å². The van der Waals surface area contributed by atoms with Crippen LogP contribution in [0.2, 0.25) is 0 Å². The van der Waals surface area contributed by atoms with Crippen molar-refractivity contribution >= 4 is 28.0 Å². The normalized spacial score (nSPS) is 20.3. The first-order chi connectivity index (χ1) is 13.1. The zero-order valence-electron chi connectivity index (χ0n) is 16.3. The number of amides is 1. The SMILES string of the molecule is Cc1ccc(/C=C/S(=O)(=O)NCC(=O)OCC(=O)N2C[C@@H](C)O[C@H](C)C2)cc1. The average Bonchev–Trinajstić information content (AvgIpc) is 2.63. The molecule has 1 N–H and O–H groups in total. The minimum Gasteiger partial charge on any atom is -0.455 e. The third-order valence-electron chi connectivity index (χ3n) is 4.06. The Hall–Kier alpha value is -2.23. The summed E-state index contributed by atoms with van der Waals surface area (Å²) in [5, 5.41) is 0.979. The first-order valence-corrected chi connectivity index (χ1v) is 10.5. The van der Waals surface area contributed by atoms with Crippen molar-refractivity contribution in [2.24, 2.45) is 0 Å². The Morgan fingerprint density at radius 3 is 2.43 bits per heavy atom. The number of carbonyl (C=O) groups is 2. The summed E-state index contributed by atoms with van der Waals surface area (Å²) in [7, 11) is -3.80. The zero-order chi connectivity index (χ0) is 20.7. The summed E-state index contributed by atoms with van der Waals surface area (Å²) >= 11 is 0. The van der Waals surface area contributed by atoms with E-state index in [9.17, 15) is 18.0 Å². The summed E-state index contributed by atoms with van der Waals surface area (Å²) in [5.74, 6) is -1.16. The Morgan fingerprint density at radius 2 is 1.82 bits per heavy atom. The van der Waals surface area contributed by atoms with Crippen LogP contribution in [0, 0.1) is 6.92 Å². The van der Waals surface area contributed by atoms with E-state index in [-0.39, 0.29) is 18.1 Å². The van der Waals surface area contributed by atoms with E-state index < -0.39 is 29.1 Å². The van der Waals surface area contributed by atoms with Crippen molar-refractivity contribution in [1.82, 2.24) is 9.62 Å². The van der Waals surface area contributed by atoms with Gasteiger partial charge in [0.15, 0.2) is 6.61 Å². The largest absolute Gasteiger partial charge is 0.455 e. The van der Waals surface area contributed by atoms with Gasteiger partial charge >= 0.3 is 5.97 Å². The van der Waals surface area contributed by atoms with Crippen LogP contribution in [0.5, 0.6) is 0 Å². The van der Waals surface area contributed by atoms with E-state index in [0.29, 0.717) is 13.1 Å². The number of carbonyl (C=O) groups excluding carboxylic acids is 2. The molecule has 2 rings (SSSR count). The van der Waals surface area contributed by atoms with Gasteiger partial charge < -0.3 is 14.4 Å². The number of morpholine rings is 1. The molecular formula is C19H26N2O6S. The summed E-state index contributed by atoms with van der Waals surface area (Å²) in [5.41, 5.74) is 1.79. The highest BCUT2D eigenvalue weighted by Crippen LogP contribution is 2.10. The highest BCUT2D eigenvalue weighted by atomic mass is 32.2. The number of aryl methyl sites for hydroxylation is 1. The van der Waals surface area contributed by atoms with E-state index in [4.69, 9.17) is 9.47 Å². The van der Waals surface area contributed by atoms with Crippen LogP contribution in [-0.4, -0.2) is 63.6 Å². The lowest BCUT2D eigenvalue weighted by Crippen LogP contribution is -2.49. The monoisotopic (exact) mass is 410 g/mol. The molecule has 1 fully saturated rings. The Morgan fingerprint density at radius 1 is 1.21 bits per heavy atom. The van der Waals surface area contributed by atoms with Crippen LogP contribution in [-0.2, 0) is 29.1 Å². The number of sulfonamides is 1. The molecule has 0 radical (unpaired) electrons. The Kier molecular flexibility index (Phi) is 7.73. The van der Waals surface area contributed by atoms with E-state index in [1.54, 1.807) is 17.0 Å². The average molecular weight is 410 g/mol. The fourth-order valence-electron chi connectivity index (χ4n) is 2.72. The van der Waals surface area contributed by atoms with Gasteiger partial charge in [-0.15, -0.1) is 0 Å². The molecule has 8 nitrogen and oxygen atoms in total. The minimum atomic E-state index is -3.80. The van der Waals surface area contributed by atoms with Gasteiger partial charge in [0.1, 0.15) is 6.54 Å². The van der Waals surface area contributed by atoms with Gasteiger partial charge in [0.2, 0.25) is 10.0 Å². The van der Waals surface area contributed by atoms with Crippen molar-refractivity contribution in [1.29, 1.82) is 0 Å². The van der Waals surface area contributed by atoms with Crippen molar-refractivity contribution < 1.29 is 27.5 Å². The molecule has 0 bridgehead atoms. The molecule has 1 heterocycles. The smallest absolute Gasteiger partial charge is 0.321 e. The molecule has 0 aromatic heterocycles. The number of nitrogens with one attached hydrogen (secondary N) is 1. The van der Waals surface area contributed by atoms with Crippen molar-refractivity contribution in [2.75, 3.05) is 26.2 Å². The van der Waals surface area contributed by atoms with Crippen LogP contribution in [0.25, 0.3) is 6.08 Å². The van der Waals surface area contributed by atoms with E-state index in [1.165, 1.54) is 6.08 Å². The number of nitrogens with zero attached hydrogens (tertiary/aromatic N) is 1. The van der Waals surface area contributed by atoms with Gasteiger partial charge in [-0.25, -0.2) is 13.1 Å². The Bertz CT molecular complexity index is 809. The lowest BCUT2D eigenvalue weighted by molar-refractivity contribution is -0.156. The molecule has 28 heavy (non-hydrogen) atoms. The van der Waals surface area contributed by atoms with Crippen LogP contribution in [0.3, 0.4) is 0 Å². The summed E-state index contributed by atoms with van der Waals surface area (Å²) in [6.07, 6.45) is 1.25. The van der Waals surface area contributed by atoms with Crippen LogP contribution in [0.15, 0.2) is 29.7 Å². The third kappa shape index (κ3) is 7.41. The Labute approximate surface area is 165 Å². The maximum atomic E-state index is 12.1. The number of benzene rings is 1. The van der Waals surface area contributed by atoms with Gasteiger partial charge in [0, 0.05) is 18.5 Å². The molecule has 9 heteroatoms. The molecule has 0 aliphatic carbocycles. The maximum absolute atomic E-state index is 12.1. The first kappa shape index (κ1) is 22.1. The van der Waals surface area contributed by atoms with Gasteiger partial charge in [0.25, 0.3) is 5.91 Å². The number of esters is 1. The predicted octanol–water partition coefficient (Wildman–Crippen LogP) is 1.06. The van der Waals surface area contributed by atoms with Crippen LogP contribution >= 0.6 is 0 Å². The molecule has 1 aromatic rings. The summed E-state index contributed by atoms with van der Waals surface area (Å²) in [6.45, 7) is 5.53.